The van der Waals surface area contributed by atoms with Crippen molar-refractivity contribution in [2.45, 2.75) is 25.2 Å². The Hall–Kier alpha value is -2.99. The van der Waals surface area contributed by atoms with Crippen LogP contribution in [0.2, 0.25) is 0 Å². The molecule has 0 atom stereocenters. The van der Waals surface area contributed by atoms with Crippen molar-refractivity contribution < 1.29 is 19.8 Å². The molecule has 0 saturated heterocycles. The number of carboxylic acids is 2. The summed E-state index contributed by atoms with van der Waals surface area (Å²) in [4.78, 5) is 23.6. The van der Waals surface area contributed by atoms with Gasteiger partial charge in [0.25, 0.3) is 0 Å². The van der Waals surface area contributed by atoms with E-state index in [2.05, 4.69) is 4.37 Å². The van der Waals surface area contributed by atoms with E-state index in [1.165, 1.54) is 11.5 Å². The number of hydrogen-bond acceptors (Lipinski definition) is 4. The zero-order chi connectivity index (χ0) is 19.2. The van der Waals surface area contributed by atoms with Crippen LogP contribution in [-0.2, 0) is 10.2 Å². The van der Waals surface area contributed by atoms with Crippen molar-refractivity contribution in [2.24, 2.45) is 0 Å². The standard InChI is InChI=1S/C21H17NO4S/c1-12-17(19(23)24)18(27-22-12)15-4-2-13(3-5-15)14-6-8-16(9-7-14)21(10-11-21)20(25)26/h2-9H,10-11H2,1H3,(H,23,24)(H,25,26). The van der Waals surface area contributed by atoms with Gasteiger partial charge in [-0.15, -0.1) is 0 Å². The molecule has 1 aromatic heterocycles. The predicted octanol–water partition coefficient (Wildman–Crippen LogP) is 4.60. The molecule has 0 amide bonds. The maximum atomic E-state index is 11.5. The van der Waals surface area contributed by atoms with Crippen LogP contribution in [0.3, 0.4) is 0 Å². The molecular formula is C21H17NO4S. The van der Waals surface area contributed by atoms with Gasteiger partial charge in [0.2, 0.25) is 0 Å². The van der Waals surface area contributed by atoms with E-state index in [0.717, 1.165) is 22.3 Å². The van der Waals surface area contributed by atoms with Crippen LogP contribution in [0.5, 0.6) is 0 Å². The van der Waals surface area contributed by atoms with Crippen molar-refractivity contribution in [3.05, 3.63) is 65.4 Å². The summed E-state index contributed by atoms with van der Waals surface area (Å²) in [7, 11) is 0. The quantitative estimate of drug-likeness (QED) is 0.676. The van der Waals surface area contributed by atoms with Crippen molar-refractivity contribution >= 4 is 23.5 Å². The Balaban J connectivity index is 1.62. The highest BCUT2D eigenvalue weighted by atomic mass is 32.1. The molecule has 1 aliphatic carbocycles. The molecule has 0 spiro atoms. The predicted molar refractivity (Wildman–Crippen MR) is 103 cm³/mol. The van der Waals surface area contributed by atoms with E-state index in [-0.39, 0.29) is 5.56 Å². The molecule has 136 valence electrons. The first-order valence-electron chi connectivity index (χ1n) is 8.57. The van der Waals surface area contributed by atoms with Crippen LogP contribution in [-0.4, -0.2) is 26.5 Å². The molecule has 5 nitrogen and oxygen atoms in total. The van der Waals surface area contributed by atoms with E-state index in [0.29, 0.717) is 23.4 Å². The monoisotopic (exact) mass is 379 g/mol. The fourth-order valence-electron chi connectivity index (χ4n) is 3.37. The highest BCUT2D eigenvalue weighted by Crippen LogP contribution is 2.48. The Morgan fingerprint density at radius 1 is 0.926 bits per heavy atom. The maximum Gasteiger partial charge on any atom is 0.339 e. The summed E-state index contributed by atoms with van der Waals surface area (Å²) in [5.74, 6) is -1.72. The van der Waals surface area contributed by atoms with Crippen LogP contribution in [0.4, 0.5) is 0 Å². The number of hydrogen-bond donors (Lipinski definition) is 2. The second kappa shape index (κ2) is 6.32. The average Bonchev–Trinajstić information content (AvgIpc) is 3.39. The normalized spacial score (nSPS) is 14.7. The Morgan fingerprint density at radius 3 is 1.93 bits per heavy atom. The van der Waals surface area contributed by atoms with Crippen molar-refractivity contribution in [3.8, 4) is 21.6 Å². The second-order valence-corrected chi connectivity index (χ2v) is 7.59. The Bertz CT molecular complexity index is 1030. The molecule has 1 fully saturated rings. The molecule has 1 heterocycles. The number of aromatic carboxylic acids is 1. The van der Waals surface area contributed by atoms with E-state index in [9.17, 15) is 19.8 Å². The minimum absolute atomic E-state index is 0.250. The summed E-state index contributed by atoms with van der Waals surface area (Å²) < 4.78 is 4.16. The molecule has 0 unspecified atom stereocenters. The van der Waals surface area contributed by atoms with Gasteiger partial charge >= 0.3 is 11.9 Å². The lowest BCUT2D eigenvalue weighted by atomic mass is 9.93. The second-order valence-electron chi connectivity index (χ2n) is 6.82. The molecule has 2 N–H and O–H groups in total. The third kappa shape index (κ3) is 2.92. The zero-order valence-electron chi connectivity index (χ0n) is 14.6. The van der Waals surface area contributed by atoms with Crippen LogP contribution < -0.4 is 0 Å². The molecule has 0 radical (unpaired) electrons. The third-order valence-electron chi connectivity index (χ3n) is 5.15. The van der Waals surface area contributed by atoms with Crippen LogP contribution in [0.15, 0.2) is 48.5 Å². The van der Waals surface area contributed by atoms with Crippen LogP contribution in [0, 0.1) is 6.92 Å². The number of aliphatic carboxylic acids is 1. The molecule has 0 bridgehead atoms. The first kappa shape index (κ1) is 17.4. The largest absolute Gasteiger partial charge is 0.481 e. The zero-order valence-corrected chi connectivity index (χ0v) is 15.4. The summed E-state index contributed by atoms with van der Waals surface area (Å²) in [5.41, 5.74) is 3.73. The minimum Gasteiger partial charge on any atom is -0.481 e. The number of nitrogens with zero attached hydrogens (tertiary/aromatic N) is 1. The van der Waals surface area contributed by atoms with Gasteiger partial charge in [-0.25, -0.2) is 4.79 Å². The summed E-state index contributed by atoms with van der Waals surface area (Å²) in [5, 5.41) is 18.8. The fraction of sp³-hybridized carbons (Fsp3) is 0.190. The lowest BCUT2D eigenvalue weighted by molar-refractivity contribution is -0.140. The molecular weight excluding hydrogens is 362 g/mol. The number of aryl methyl sites for hydroxylation is 1. The first-order chi connectivity index (χ1) is 12.9. The molecule has 1 saturated carbocycles. The molecule has 1 aliphatic rings. The topological polar surface area (TPSA) is 87.5 Å². The molecule has 0 aliphatic heterocycles. The Labute approximate surface area is 160 Å². The van der Waals surface area contributed by atoms with Gasteiger partial charge in [0.15, 0.2) is 0 Å². The highest BCUT2D eigenvalue weighted by Gasteiger charge is 2.51. The van der Waals surface area contributed by atoms with E-state index in [1.54, 1.807) is 6.92 Å². The SMILES string of the molecule is Cc1nsc(-c2ccc(-c3ccc(C4(C(=O)O)CC4)cc3)cc2)c1C(=O)O. The Morgan fingerprint density at radius 2 is 1.44 bits per heavy atom. The molecule has 6 heteroatoms. The highest BCUT2D eigenvalue weighted by molar-refractivity contribution is 7.10. The number of rotatable bonds is 5. The molecule has 4 rings (SSSR count). The number of carbonyl (C=O) groups is 2. The van der Waals surface area contributed by atoms with E-state index in [1.807, 2.05) is 48.5 Å². The van der Waals surface area contributed by atoms with Gasteiger partial charge in [-0.1, -0.05) is 48.5 Å². The number of benzene rings is 2. The summed E-state index contributed by atoms with van der Waals surface area (Å²) in [6, 6.07) is 15.3. The summed E-state index contributed by atoms with van der Waals surface area (Å²) in [6.07, 6.45) is 1.38. The third-order valence-corrected chi connectivity index (χ3v) is 6.14. The van der Waals surface area contributed by atoms with E-state index >= 15 is 0 Å². The van der Waals surface area contributed by atoms with Crippen LogP contribution in [0.25, 0.3) is 21.6 Å². The number of carboxylic acid groups (broad SMARTS) is 2. The fourth-order valence-corrected chi connectivity index (χ4v) is 4.25. The lowest BCUT2D eigenvalue weighted by Crippen LogP contribution is -2.19. The van der Waals surface area contributed by atoms with Crippen molar-refractivity contribution in [1.82, 2.24) is 4.37 Å². The van der Waals surface area contributed by atoms with Gasteiger partial charge in [-0.2, -0.15) is 4.37 Å². The lowest BCUT2D eigenvalue weighted by Gasteiger charge is -2.11. The van der Waals surface area contributed by atoms with Gasteiger partial charge in [0, 0.05) is 0 Å². The Kier molecular flexibility index (Phi) is 4.08. The summed E-state index contributed by atoms with van der Waals surface area (Å²) in [6.45, 7) is 1.70. The summed E-state index contributed by atoms with van der Waals surface area (Å²) >= 11 is 1.19. The van der Waals surface area contributed by atoms with Crippen molar-refractivity contribution in [2.75, 3.05) is 0 Å². The molecule has 27 heavy (non-hydrogen) atoms. The van der Waals surface area contributed by atoms with Crippen molar-refractivity contribution in [1.29, 1.82) is 0 Å². The first-order valence-corrected chi connectivity index (χ1v) is 9.34. The molecule has 3 aromatic rings. The van der Waals surface area contributed by atoms with E-state index < -0.39 is 17.4 Å². The van der Waals surface area contributed by atoms with Gasteiger partial charge in [0.05, 0.1) is 16.0 Å². The van der Waals surface area contributed by atoms with Gasteiger partial charge in [0.1, 0.15) is 5.56 Å². The minimum atomic E-state index is -0.969. The molecule has 2 aromatic carbocycles. The van der Waals surface area contributed by atoms with E-state index in [4.69, 9.17) is 0 Å². The average molecular weight is 379 g/mol. The van der Waals surface area contributed by atoms with Crippen LogP contribution >= 0.6 is 11.5 Å². The van der Waals surface area contributed by atoms with Gasteiger partial charge < -0.3 is 10.2 Å². The van der Waals surface area contributed by atoms with Crippen LogP contribution in [0.1, 0.15) is 34.5 Å². The smallest absolute Gasteiger partial charge is 0.339 e. The van der Waals surface area contributed by atoms with Gasteiger partial charge in [-0.3, -0.25) is 4.79 Å². The maximum absolute atomic E-state index is 11.5. The van der Waals surface area contributed by atoms with Crippen molar-refractivity contribution in [3.63, 3.8) is 0 Å². The van der Waals surface area contributed by atoms with Gasteiger partial charge in [-0.05, 0) is 53.6 Å². The number of aromatic nitrogens is 1.